The Bertz CT molecular complexity index is 1140. The number of nitrogens with zero attached hydrogens (tertiary/aromatic N) is 7. The van der Waals surface area contributed by atoms with E-state index in [9.17, 15) is 14.9 Å². The second kappa shape index (κ2) is 7.85. The number of carbonyl (C=O) groups is 2. The third-order valence-electron chi connectivity index (χ3n) is 8.00. The number of amides is 2. The summed E-state index contributed by atoms with van der Waals surface area (Å²) < 4.78 is 0. The molecule has 34 heavy (non-hydrogen) atoms. The number of hydrogen-bond acceptors (Lipinski definition) is 8. The first-order valence-electron chi connectivity index (χ1n) is 11.8. The van der Waals surface area contributed by atoms with Crippen molar-refractivity contribution in [1.29, 1.82) is 5.26 Å². The number of piperazine rings is 1. The molecule has 2 amide bonds. The second-order valence-corrected chi connectivity index (χ2v) is 9.95. The summed E-state index contributed by atoms with van der Waals surface area (Å²) in [5, 5.41) is 23.3. The summed E-state index contributed by atoms with van der Waals surface area (Å²) in [5.74, 6) is 0.996. The molecule has 4 heterocycles. The smallest absolute Gasteiger partial charge is 0.242 e. The summed E-state index contributed by atoms with van der Waals surface area (Å²) in [6.45, 7) is 3.10. The minimum absolute atomic E-state index is 0.0605. The third-order valence-corrected chi connectivity index (χ3v) is 8.00. The Morgan fingerprint density at radius 2 is 2.09 bits per heavy atom. The Labute approximate surface area is 196 Å². The molecule has 1 unspecified atom stereocenters. The van der Waals surface area contributed by atoms with Gasteiger partial charge in [0.1, 0.15) is 6.04 Å². The van der Waals surface area contributed by atoms with Gasteiger partial charge in [0.15, 0.2) is 5.82 Å². The van der Waals surface area contributed by atoms with E-state index >= 15 is 0 Å². The van der Waals surface area contributed by atoms with Crippen LogP contribution in [0, 0.1) is 17.2 Å². The number of tetrazole rings is 1. The van der Waals surface area contributed by atoms with E-state index in [0.29, 0.717) is 24.8 Å². The Morgan fingerprint density at radius 1 is 1.29 bits per heavy atom. The van der Waals surface area contributed by atoms with Crippen LogP contribution in [0.15, 0.2) is 24.3 Å². The molecule has 1 aromatic heterocycles. The number of nitriles is 1. The number of aromatic nitrogens is 4. The molecule has 1 aromatic carbocycles. The highest BCUT2D eigenvalue weighted by molar-refractivity contribution is 5.87. The van der Waals surface area contributed by atoms with Crippen molar-refractivity contribution in [1.82, 2.24) is 35.3 Å². The van der Waals surface area contributed by atoms with Gasteiger partial charge in [-0.25, -0.2) is 5.10 Å². The summed E-state index contributed by atoms with van der Waals surface area (Å²) in [5.41, 5.74) is 8.24. The van der Waals surface area contributed by atoms with Crippen molar-refractivity contribution in [3.63, 3.8) is 0 Å². The molecular weight excluding hydrogens is 434 g/mol. The van der Waals surface area contributed by atoms with E-state index in [2.05, 4.69) is 31.6 Å². The highest BCUT2D eigenvalue weighted by Gasteiger charge is 2.56. The van der Waals surface area contributed by atoms with Crippen LogP contribution >= 0.6 is 0 Å². The number of fused-ring (bicyclic) bond motifs is 3. The van der Waals surface area contributed by atoms with Crippen molar-refractivity contribution in [2.75, 3.05) is 13.1 Å². The van der Waals surface area contributed by atoms with Crippen molar-refractivity contribution in [3.05, 3.63) is 29.8 Å². The predicted molar refractivity (Wildman–Crippen MR) is 119 cm³/mol. The molecule has 4 fully saturated rings. The molecule has 2 bridgehead atoms. The quantitative estimate of drug-likeness (QED) is 0.613. The Kier molecular flexibility index (Phi) is 4.89. The molecule has 6 rings (SSSR count). The number of likely N-dealkylation sites (tertiary alicyclic amines) is 3. The molecule has 0 spiro atoms. The van der Waals surface area contributed by atoms with E-state index in [1.807, 2.05) is 36.1 Å². The van der Waals surface area contributed by atoms with Gasteiger partial charge < -0.3 is 15.5 Å². The van der Waals surface area contributed by atoms with Crippen LogP contribution in [0.3, 0.4) is 0 Å². The van der Waals surface area contributed by atoms with E-state index in [4.69, 9.17) is 5.73 Å². The van der Waals surface area contributed by atoms with Crippen molar-refractivity contribution in [2.45, 2.75) is 62.4 Å². The largest absolute Gasteiger partial charge is 0.330 e. The van der Waals surface area contributed by atoms with Gasteiger partial charge in [-0.15, -0.1) is 5.10 Å². The van der Waals surface area contributed by atoms with E-state index in [0.717, 1.165) is 30.4 Å². The van der Waals surface area contributed by atoms with Gasteiger partial charge in [0.2, 0.25) is 11.8 Å². The first-order valence-corrected chi connectivity index (χ1v) is 11.8. The number of hydrogen-bond donors (Lipinski definition) is 2. The molecule has 3 aliphatic heterocycles. The van der Waals surface area contributed by atoms with Crippen LogP contribution < -0.4 is 5.73 Å². The molecule has 1 aliphatic carbocycles. The lowest BCUT2D eigenvalue weighted by Crippen LogP contribution is -2.57. The summed E-state index contributed by atoms with van der Waals surface area (Å²) in [7, 11) is 0. The monoisotopic (exact) mass is 461 g/mol. The zero-order chi connectivity index (χ0) is 23.6. The molecule has 0 radical (unpaired) electrons. The SMILES string of the molecule is C[C@@H](c1ccc(-c2nnn[nH]2)cc1)N1C(=O)[C@@H]2C[C@H]1CN2C[C@H](N)C(=O)N1C2C[C@H]2C[C@H]1C#N. The topological polar surface area (TPSA) is 148 Å². The molecule has 3 N–H and O–H groups in total. The molecule has 1 saturated carbocycles. The van der Waals surface area contributed by atoms with Crippen LogP contribution in [-0.4, -0.2) is 90.4 Å². The first kappa shape index (κ1) is 21.2. The number of benzene rings is 1. The highest BCUT2D eigenvalue weighted by atomic mass is 16.2. The van der Waals surface area contributed by atoms with Crippen molar-refractivity contribution in [3.8, 4) is 17.5 Å². The lowest BCUT2D eigenvalue weighted by molar-refractivity contribution is -0.141. The third kappa shape index (κ3) is 3.28. The number of H-pyrrole nitrogens is 1. The molecule has 3 saturated heterocycles. The fraction of sp³-hybridized carbons (Fsp3) is 0.565. The Hall–Kier alpha value is -3.36. The Morgan fingerprint density at radius 3 is 2.76 bits per heavy atom. The maximum absolute atomic E-state index is 13.3. The summed E-state index contributed by atoms with van der Waals surface area (Å²) in [6.07, 6.45) is 2.49. The summed E-state index contributed by atoms with van der Waals surface area (Å²) >= 11 is 0. The predicted octanol–water partition coefficient (Wildman–Crippen LogP) is 0.0531. The standard InChI is InChI=1S/C23H27N9O2/c1-12(13-2-4-14(5-3-13)21-26-28-29-27-21)31-17-8-20(23(31)34)30(10-17)11-18(25)22(33)32-16(9-24)6-15-7-19(15)32/h2-5,12,15-20H,6-8,10-11,25H2,1H3,(H,26,27,28,29)/t12-,15+,16-,17-,18-,19?,20-/m0/s1. The Balaban J connectivity index is 1.10. The highest BCUT2D eigenvalue weighted by Crippen LogP contribution is 2.48. The number of nitrogens with two attached hydrogens (primary N) is 1. The minimum atomic E-state index is -0.716. The van der Waals surface area contributed by atoms with Crippen molar-refractivity contribution >= 4 is 11.8 Å². The van der Waals surface area contributed by atoms with Gasteiger partial charge in [-0.1, -0.05) is 24.3 Å². The minimum Gasteiger partial charge on any atom is -0.330 e. The average molecular weight is 462 g/mol. The zero-order valence-electron chi connectivity index (χ0n) is 18.9. The average Bonchev–Trinajstić information content (AvgIpc) is 3.28. The van der Waals surface area contributed by atoms with E-state index in [1.54, 1.807) is 4.90 Å². The number of carbonyl (C=O) groups excluding carboxylic acids is 2. The molecule has 2 aromatic rings. The van der Waals surface area contributed by atoms with Gasteiger partial charge in [-0.2, -0.15) is 5.26 Å². The number of aromatic amines is 1. The summed E-state index contributed by atoms with van der Waals surface area (Å²) in [4.78, 5) is 32.0. The molecular formula is C23H27N9O2. The van der Waals surface area contributed by atoms with Crippen LogP contribution in [0.2, 0.25) is 0 Å². The van der Waals surface area contributed by atoms with Gasteiger partial charge in [-0.3, -0.25) is 14.5 Å². The van der Waals surface area contributed by atoms with Crippen LogP contribution in [0.5, 0.6) is 0 Å². The zero-order valence-corrected chi connectivity index (χ0v) is 18.9. The lowest BCUT2D eigenvalue weighted by atomic mass is 10.0. The van der Waals surface area contributed by atoms with Gasteiger partial charge in [0, 0.05) is 30.7 Å². The molecule has 11 nitrogen and oxygen atoms in total. The molecule has 7 atom stereocenters. The summed E-state index contributed by atoms with van der Waals surface area (Å²) in [6, 6.07) is 9.04. The normalized spacial score (nSPS) is 31.4. The van der Waals surface area contributed by atoms with Gasteiger partial charge in [0.25, 0.3) is 0 Å². The van der Waals surface area contributed by atoms with E-state index < -0.39 is 6.04 Å². The van der Waals surface area contributed by atoms with Crippen LogP contribution in [-0.2, 0) is 9.59 Å². The second-order valence-electron chi connectivity index (χ2n) is 9.95. The van der Waals surface area contributed by atoms with Gasteiger partial charge in [0.05, 0.1) is 24.2 Å². The number of piperidine rings is 1. The number of nitrogens with one attached hydrogen (secondary N) is 1. The van der Waals surface area contributed by atoms with Crippen LogP contribution in [0.1, 0.15) is 37.8 Å². The van der Waals surface area contributed by atoms with Crippen molar-refractivity contribution in [2.24, 2.45) is 11.7 Å². The molecule has 4 aliphatic rings. The van der Waals surface area contributed by atoms with Gasteiger partial charge >= 0.3 is 0 Å². The fourth-order valence-corrected chi connectivity index (χ4v) is 6.17. The first-order chi connectivity index (χ1) is 16.5. The maximum atomic E-state index is 13.3. The van der Waals surface area contributed by atoms with E-state index in [-0.39, 0.29) is 42.0 Å². The maximum Gasteiger partial charge on any atom is 0.242 e. The van der Waals surface area contributed by atoms with Crippen LogP contribution in [0.25, 0.3) is 11.4 Å². The van der Waals surface area contributed by atoms with Crippen molar-refractivity contribution < 1.29 is 9.59 Å². The number of rotatable bonds is 6. The fourth-order valence-electron chi connectivity index (χ4n) is 6.17. The molecule has 176 valence electrons. The van der Waals surface area contributed by atoms with E-state index in [1.165, 1.54) is 0 Å². The lowest BCUT2D eigenvalue weighted by Gasteiger charge is -2.38. The molecule has 11 heteroatoms. The van der Waals surface area contributed by atoms with Gasteiger partial charge in [-0.05, 0) is 48.1 Å². The van der Waals surface area contributed by atoms with Crippen LogP contribution in [0.4, 0.5) is 0 Å².